The number of anilines is 1. The quantitative estimate of drug-likeness (QED) is 0.743. The van der Waals surface area contributed by atoms with E-state index >= 15 is 0 Å². The minimum Gasteiger partial charge on any atom is -0.494 e. The molecule has 0 saturated carbocycles. The van der Waals surface area contributed by atoms with Crippen molar-refractivity contribution >= 4 is 27.3 Å². The zero-order valence-corrected chi connectivity index (χ0v) is 13.7. The summed E-state index contributed by atoms with van der Waals surface area (Å²) < 4.78 is 27.9. The van der Waals surface area contributed by atoms with Gasteiger partial charge in [0.1, 0.15) is 12.2 Å². The van der Waals surface area contributed by atoms with Crippen molar-refractivity contribution < 1.29 is 22.7 Å². The highest BCUT2D eigenvalue weighted by atomic mass is 32.2. The molecule has 7 nitrogen and oxygen atoms in total. The van der Waals surface area contributed by atoms with E-state index in [1.165, 1.54) is 0 Å². The number of sulfone groups is 1. The van der Waals surface area contributed by atoms with Gasteiger partial charge in [-0.3, -0.25) is 9.59 Å². The van der Waals surface area contributed by atoms with Gasteiger partial charge in [-0.1, -0.05) is 0 Å². The molecule has 1 fully saturated rings. The summed E-state index contributed by atoms with van der Waals surface area (Å²) in [7, 11) is -3.05. The molecule has 126 valence electrons. The van der Waals surface area contributed by atoms with Gasteiger partial charge in [0.2, 0.25) is 11.8 Å². The monoisotopic (exact) mass is 340 g/mol. The van der Waals surface area contributed by atoms with Crippen LogP contribution < -0.4 is 15.4 Å². The van der Waals surface area contributed by atoms with Crippen molar-refractivity contribution in [1.82, 2.24) is 5.32 Å². The second kappa shape index (κ2) is 7.45. The zero-order chi connectivity index (χ0) is 16.9. The van der Waals surface area contributed by atoms with Gasteiger partial charge in [-0.2, -0.15) is 0 Å². The topological polar surface area (TPSA) is 102 Å². The van der Waals surface area contributed by atoms with Gasteiger partial charge in [0.05, 0.1) is 18.1 Å². The molecule has 1 aliphatic heterocycles. The number of carbonyl (C=O) groups is 2. The van der Waals surface area contributed by atoms with Crippen molar-refractivity contribution in [2.75, 3.05) is 23.4 Å². The molecule has 0 radical (unpaired) electrons. The van der Waals surface area contributed by atoms with E-state index in [0.29, 0.717) is 24.5 Å². The molecule has 1 aromatic carbocycles. The van der Waals surface area contributed by atoms with Crippen LogP contribution in [0.1, 0.15) is 19.8 Å². The van der Waals surface area contributed by atoms with Gasteiger partial charge < -0.3 is 15.4 Å². The lowest BCUT2D eigenvalue weighted by atomic mass is 10.2. The van der Waals surface area contributed by atoms with E-state index < -0.39 is 27.7 Å². The van der Waals surface area contributed by atoms with E-state index in [9.17, 15) is 18.0 Å². The average molecular weight is 340 g/mol. The van der Waals surface area contributed by atoms with Gasteiger partial charge >= 0.3 is 0 Å². The molecular weight excluding hydrogens is 320 g/mol. The van der Waals surface area contributed by atoms with Crippen LogP contribution in [0.3, 0.4) is 0 Å². The Hall–Kier alpha value is -2.09. The molecule has 2 amide bonds. The first-order valence-electron chi connectivity index (χ1n) is 7.40. The normalized spacial score (nSPS) is 19.1. The van der Waals surface area contributed by atoms with Crippen LogP contribution in [0.4, 0.5) is 5.69 Å². The Labute approximate surface area is 135 Å². The van der Waals surface area contributed by atoms with Gasteiger partial charge in [0, 0.05) is 11.7 Å². The van der Waals surface area contributed by atoms with Crippen LogP contribution in [0.25, 0.3) is 0 Å². The fourth-order valence-electron chi connectivity index (χ4n) is 2.34. The fourth-order valence-corrected chi connectivity index (χ4v) is 4.01. The Morgan fingerprint density at radius 1 is 1.22 bits per heavy atom. The van der Waals surface area contributed by atoms with Crippen molar-refractivity contribution in [2.45, 2.75) is 25.8 Å². The minimum absolute atomic E-state index is 0.0563. The van der Waals surface area contributed by atoms with Crippen LogP contribution >= 0.6 is 0 Å². The number of amides is 2. The minimum atomic E-state index is -3.05. The highest BCUT2D eigenvalue weighted by molar-refractivity contribution is 7.91. The zero-order valence-electron chi connectivity index (χ0n) is 12.9. The lowest BCUT2D eigenvalue weighted by Gasteiger charge is -2.11. The van der Waals surface area contributed by atoms with E-state index in [2.05, 4.69) is 10.6 Å². The molecule has 8 heteroatoms. The van der Waals surface area contributed by atoms with Crippen molar-refractivity contribution in [3.8, 4) is 5.75 Å². The fraction of sp³-hybridized carbons (Fsp3) is 0.467. The lowest BCUT2D eigenvalue weighted by molar-refractivity contribution is -0.127. The smallest absolute Gasteiger partial charge is 0.233 e. The predicted octanol–water partition coefficient (Wildman–Crippen LogP) is 0.717. The summed E-state index contributed by atoms with van der Waals surface area (Å²) in [6.45, 7) is 2.44. The van der Waals surface area contributed by atoms with Crippen LogP contribution in [-0.2, 0) is 19.4 Å². The molecule has 0 aromatic heterocycles. The first-order chi connectivity index (χ1) is 10.9. The summed E-state index contributed by atoms with van der Waals surface area (Å²) in [4.78, 5) is 23.6. The first kappa shape index (κ1) is 17.3. The highest BCUT2D eigenvalue weighted by Crippen LogP contribution is 2.16. The Kier molecular flexibility index (Phi) is 5.59. The number of benzene rings is 1. The summed E-state index contributed by atoms with van der Waals surface area (Å²) in [5.41, 5.74) is 0.565. The van der Waals surface area contributed by atoms with Crippen LogP contribution in [0.2, 0.25) is 0 Å². The Bertz CT molecular complexity index is 670. The van der Waals surface area contributed by atoms with Crippen LogP contribution in [0, 0.1) is 0 Å². The molecule has 23 heavy (non-hydrogen) atoms. The third-order valence-corrected chi connectivity index (χ3v) is 5.14. The second-order valence-corrected chi connectivity index (χ2v) is 7.58. The number of hydrogen-bond acceptors (Lipinski definition) is 5. The predicted molar refractivity (Wildman–Crippen MR) is 86.1 cm³/mol. The molecule has 1 saturated heterocycles. The van der Waals surface area contributed by atoms with E-state index in [1.807, 2.05) is 6.92 Å². The maximum Gasteiger partial charge on any atom is 0.233 e. The molecule has 0 spiro atoms. The largest absolute Gasteiger partial charge is 0.494 e. The molecule has 1 atom stereocenters. The summed E-state index contributed by atoms with van der Waals surface area (Å²) >= 11 is 0. The van der Waals surface area contributed by atoms with Crippen molar-refractivity contribution in [3.05, 3.63) is 24.3 Å². The van der Waals surface area contributed by atoms with Gasteiger partial charge in [-0.05, 0) is 37.6 Å². The molecule has 0 aliphatic carbocycles. The van der Waals surface area contributed by atoms with Gasteiger partial charge in [0.15, 0.2) is 9.84 Å². The maximum absolute atomic E-state index is 11.8. The lowest BCUT2D eigenvalue weighted by Crippen LogP contribution is -2.37. The number of nitrogens with one attached hydrogen (secondary N) is 2. The second-order valence-electron chi connectivity index (χ2n) is 5.35. The molecule has 2 rings (SSSR count). The van der Waals surface area contributed by atoms with Gasteiger partial charge in [-0.25, -0.2) is 8.42 Å². The van der Waals surface area contributed by atoms with E-state index in [4.69, 9.17) is 4.74 Å². The van der Waals surface area contributed by atoms with Crippen LogP contribution in [0.15, 0.2) is 24.3 Å². The standard InChI is InChI=1S/C15H20N2O5S/c1-2-22-13-5-3-11(4-6-13)16-14(18)9-15(19)17-12-7-8-23(20,21)10-12/h3-6,12H,2,7-10H2,1H3,(H,16,18)(H,17,19). The molecule has 1 aromatic rings. The number of rotatable bonds is 6. The molecule has 1 aliphatic rings. The van der Waals surface area contributed by atoms with Crippen molar-refractivity contribution in [3.63, 3.8) is 0 Å². The first-order valence-corrected chi connectivity index (χ1v) is 9.22. The summed E-state index contributed by atoms with van der Waals surface area (Å²) in [6, 6.07) is 6.42. The van der Waals surface area contributed by atoms with E-state index in [1.54, 1.807) is 24.3 Å². The van der Waals surface area contributed by atoms with Gasteiger partial charge in [-0.15, -0.1) is 0 Å². The Balaban J connectivity index is 1.78. The number of hydrogen-bond donors (Lipinski definition) is 2. The van der Waals surface area contributed by atoms with Gasteiger partial charge in [0.25, 0.3) is 0 Å². The van der Waals surface area contributed by atoms with Crippen molar-refractivity contribution in [1.29, 1.82) is 0 Å². The summed E-state index contributed by atoms with van der Waals surface area (Å²) in [6.07, 6.45) is 0.0539. The number of carbonyl (C=O) groups excluding carboxylic acids is 2. The Morgan fingerprint density at radius 2 is 1.91 bits per heavy atom. The summed E-state index contributed by atoms with van der Waals surface area (Å²) in [5, 5.41) is 5.19. The van der Waals surface area contributed by atoms with E-state index in [0.717, 1.165) is 0 Å². The third kappa shape index (κ3) is 5.55. The molecule has 1 heterocycles. The third-order valence-electron chi connectivity index (χ3n) is 3.37. The van der Waals surface area contributed by atoms with Crippen LogP contribution in [0.5, 0.6) is 5.75 Å². The van der Waals surface area contributed by atoms with E-state index in [-0.39, 0.29) is 17.9 Å². The molecule has 1 unspecified atom stereocenters. The average Bonchev–Trinajstić information content (AvgIpc) is 2.80. The highest BCUT2D eigenvalue weighted by Gasteiger charge is 2.29. The molecular formula is C15H20N2O5S. The number of ether oxygens (including phenoxy) is 1. The maximum atomic E-state index is 11.8. The van der Waals surface area contributed by atoms with Crippen LogP contribution in [-0.4, -0.2) is 44.4 Å². The SMILES string of the molecule is CCOc1ccc(NC(=O)CC(=O)NC2CCS(=O)(=O)C2)cc1. The Morgan fingerprint density at radius 3 is 2.48 bits per heavy atom. The van der Waals surface area contributed by atoms with Crippen molar-refractivity contribution in [2.24, 2.45) is 0 Å². The summed E-state index contributed by atoms with van der Waals surface area (Å²) in [5.74, 6) is -0.205. The molecule has 2 N–H and O–H groups in total. The molecule has 0 bridgehead atoms.